The standard InChI is InChI=1S/CH5N7/c2-1-7(3)5-6-8(1)4/h2H,3-4H2/p+1. The monoisotopic (exact) mass is 116 g/mol. The summed E-state index contributed by atoms with van der Waals surface area (Å²) in [5.74, 6) is 10.2. The molecule has 6 N–H and O–H groups in total. The molecule has 0 fully saturated rings. The van der Waals surface area contributed by atoms with Gasteiger partial charge < -0.3 is 5.73 Å². The maximum atomic E-state index is 5.15. The Morgan fingerprint density at radius 2 is 2.25 bits per heavy atom. The van der Waals surface area contributed by atoms with Gasteiger partial charge in [-0.05, 0) is 4.79 Å². The molecular weight excluding hydrogens is 110 g/mol. The van der Waals surface area contributed by atoms with Crippen LogP contribution in [0.1, 0.15) is 0 Å². The highest BCUT2D eigenvalue weighted by Gasteiger charge is 2.08. The molecule has 0 amide bonds. The predicted octanol–water partition coefficient (Wildman–Crippen LogP) is -3.42. The number of nitrogens with two attached hydrogens (primary N) is 3. The zero-order valence-corrected chi connectivity index (χ0v) is 4.02. The fourth-order valence-electron chi connectivity index (χ4n) is 0.283. The van der Waals surface area contributed by atoms with E-state index in [1.54, 1.807) is 0 Å². The fraction of sp³-hybridized carbons (Fsp3) is 0. The van der Waals surface area contributed by atoms with Crippen molar-refractivity contribution in [3.8, 4) is 0 Å². The molecule has 8 heavy (non-hydrogen) atoms. The smallest absolute Gasteiger partial charge is 0.303 e. The molecule has 0 unspecified atom stereocenters. The lowest BCUT2D eigenvalue weighted by atomic mass is 11.1. The van der Waals surface area contributed by atoms with E-state index in [1.165, 1.54) is 0 Å². The molecule has 0 spiro atoms. The number of tetrazole rings is 1. The minimum Gasteiger partial charge on any atom is -0.303 e. The van der Waals surface area contributed by atoms with Crippen LogP contribution in [0.15, 0.2) is 0 Å². The van der Waals surface area contributed by atoms with Crippen molar-refractivity contribution in [2.24, 2.45) is 0 Å². The van der Waals surface area contributed by atoms with E-state index in [1.807, 2.05) is 0 Å². The van der Waals surface area contributed by atoms with E-state index in [4.69, 9.17) is 17.4 Å². The van der Waals surface area contributed by atoms with Crippen molar-refractivity contribution in [1.29, 1.82) is 0 Å². The van der Waals surface area contributed by atoms with Gasteiger partial charge in [-0.1, -0.05) is 0 Å². The molecule has 1 aromatic rings. The van der Waals surface area contributed by atoms with Crippen LogP contribution < -0.4 is 22.2 Å². The molecule has 0 saturated carbocycles. The molecule has 7 heteroatoms. The Morgan fingerprint density at radius 1 is 1.62 bits per heavy atom. The summed E-state index contributed by atoms with van der Waals surface area (Å²) in [7, 11) is 0. The summed E-state index contributed by atoms with van der Waals surface area (Å²) in [5.41, 5.74) is 5.15. The number of rotatable bonds is 0. The number of aromatic nitrogens is 4. The minimum absolute atomic E-state index is 0.102. The quantitative estimate of drug-likeness (QED) is 0.241. The van der Waals surface area contributed by atoms with Gasteiger partial charge in [0.05, 0.1) is 5.21 Å². The summed E-state index contributed by atoms with van der Waals surface area (Å²) in [6.45, 7) is 0. The van der Waals surface area contributed by atoms with E-state index in [0.29, 0.717) is 0 Å². The zero-order valence-electron chi connectivity index (χ0n) is 4.02. The Labute approximate surface area is 44.6 Å². The third-order valence-electron chi connectivity index (χ3n) is 0.702. The number of nitrogen functional groups attached to an aromatic ring is 3. The maximum Gasteiger partial charge on any atom is 0.407 e. The Hall–Kier alpha value is -1.53. The summed E-state index contributed by atoms with van der Waals surface area (Å²) >= 11 is 0. The molecule has 7 nitrogen and oxygen atoms in total. The minimum atomic E-state index is 0.102. The topological polar surface area (TPSA) is 113 Å². The van der Waals surface area contributed by atoms with Crippen LogP contribution in [0, 0.1) is 0 Å². The van der Waals surface area contributed by atoms with Crippen LogP contribution in [0.2, 0.25) is 0 Å². The van der Waals surface area contributed by atoms with E-state index in [2.05, 4.69) is 10.4 Å². The Balaban J connectivity index is 3.19. The zero-order chi connectivity index (χ0) is 6.15. The number of nitrogens with zero attached hydrogens (tertiary/aromatic N) is 4. The van der Waals surface area contributed by atoms with Crippen molar-refractivity contribution in [2.75, 3.05) is 17.4 Å². The van der Waals surface area contributed by atoms with E-state index in [-0.39, 0.29) is 5.95 Å². The molecule has 1 aromatic heterocycles. The Morgan fingerprint density at radius 3 is 2.38 bits per heavy atom. The van der Waals surface area contributed by atoms with Gasteiger partial charge in [0, 0.05) is 4.79 Å². The van der Waals surface area contributed by atoms with Crippen LogP contribution >= 0.6 is 0 Å². The first-order chi connectivity index (χ1) is 3.72. The lowest BCUT2D eigenvalue weighted by Crippen LogP contribution is -2.49. The lowest BCUT2D eigenvalue weighted by molar-refractivity contribution is -0.687. The molecule has 0 atom stereocenters. The van der Waals surface area contributed by atoms with Crippen LogP contribution in [-0.2, 0) is 0 Å². The third-order valence-corrected chi connectivity index (χ3v) is 0.702. The van der Waals surface area contributed by atoms with Crippen LogP contribution in [-0.4, -0.2) is 15.2 Å². The molecule has 44 valence electrons. The Bertz CT molecular complexity index is 167. The molecule has 0 aromatic carbocycles. The van der Waals surface area contributed by atoms with Crippen molar-refractivity contribution >= 4 is 5.95 Å². The highest BCUT2D eigenvalue weighted by molar-refractivity contribution is 5.01. The van der Waals surface area contributed by atoms with Gasteiger partial charge in [-0.3, -0.25) is 11.7 Å². The summed E-state index contributed by atoms with van der Waals surface area (Å²) < 4.78 is 0. The van der Waals surface area contributed by atoms with Gasteiger partial charge in [0.25, 0.3) is 0 Å². The van der Waals surface area contributed by atoms with Crippen molar-refractivity contribution < 1.29 is 4.79 Å². The number of anilines is 1. The van der Waals surface area contributed by atoms with Crippen LogP contribution in [0.3, 0.4) is 0 Å². The molecule has 0 radical (unpaired) electrons. The molecule has 0 aliphatic carbocycles. The second-order valence-corrected chi connectivity index (χ2v) is 1.23. The van der Waals surface area contributed by atoms with Gasteiger partial charge in [-0.15, -0.1) is 0 Å². The number of hydrogen-bond donors (Lipinski definition) is 3. The van der Waals surface area contributed by atoms with Crippen molar-refractivity contribution in [3.05, 3.63) is 0 Å². The second kappa shape index (κ2) is 1.22. The SMILES string of the molecule is Nc1n(N)nn[n+]1N. The van der Waals surface area contributed by atoms with Crippen molar-refractivity contribution in [3.63, 3.8) is 0 Å². The first kappa shape index (κ1) is 4.62. The predicted molar refractivity (Wildman–Crippen MR) is 24.9 cm³/mol. The first-order valence-electron chi connectivity index (χ1n) is 1.85. The van der Waals surface area contributed by atoms with Gasteiger partial charge in [0.2, 0.25) is 0 Å². The molecule has 0 aliphatic rings. The lowest BCUT2D eigenvalue weighted by Gasteiger charge is -1.79. The normalized spacial score (nSPS) is 9.50. The molecule has 0 bridgehead atoms. The highest BCUT2D eigenvalue weighted by atomic mass is 15.7. The maximum absolute atomic E-state index is 5.15. The average molecular weight is 116 g/mol. The average Bonchev–Trinajstić information content (AvgIpc) is 1.98. The van der Waals surface area contributed by atoms with E-state index < -0.39 is 0 Å². The van der Waals surface area contributed by atoms with Crippen LogP contribution in [0.5, 0.6) is 0 Å². The van der Waals surface area contributed by atoms with Gasteiger partial charge >= 0.3 is 5.95 Å². The van der Waals surface area contributed by atoms with E-state index in [0.717, 1.165) is 9.58 Å². The molecule has 0 aliphatic heterocycles. The van der Waals surface area contributed by atoms with Crippen molar-refractivity contribution in [1.82, 2.24) is 15.2 Å². The highest BCUT2D eigenvalue weighted by Crippen LogP contribution is 1.74. The van der Waals surface area contributed by atoms with Crippen molar-refractivity contribution in [2.45, 2.75) is 0 Å². The van der Waals surface area contributed by atoms with E-state index >= 15 is 0 Å². The molecule has 1 heterocycles. The molecular formula is CH6N7+. The summed E-state index contributed by atoms with van der Waals surface area (Å²) in [6.07, 6.45) is 0. The van der Waals surface area contributed by atoms with Gasteiger partial charge in [0.15, 0.2) is 0 Å². The largest absolute Gasteiger partial charge is 0.407 e. The number of hydrogen-bond acceptors (Lipinski definition) is 5. The summed E-state index contributed by atoms with van der Waals surface area (Å²) in [6, 6.07) is 0. The first-order valence-corrected chi connectivity index (χ1v) is 1.85. The molecule has 1 rings (SSSR count). The Kier molecular flexibility index (Phi) is 0.705. The molecule has 0 saturated heterocycles. The summed E-state index contributed by atoms with van der Waals surface area (Å²) in [4.78, 5) is 1.75. The van der Waals surface area contributed by atoms with Gasteiger partial charge in [-0.25, -0.2) is 0 Å². The van der Waals surface area contributed by atoms with E-state index in [9.17, 15) is 0 Å². The second-order valence-electron chi connectivity index (χ2n) is 1.23. The van der Waals surface area contributed by atoms with Gasteiger partial charge in [-0.2, -0.15) is 0 Å². The summed E-state index contributed by atoms with van der Waals surface area (Å²) in [5, 5.41) is 6.55. The van der Waals surface area contributed by atoms with Gasteiger partial charge in [0.1, 0.15) is 5.21 Å². The van der Waals surface area contributed by atoms with Crippen LogP contribution in [0.25, 0.3) is 0 Å². The van der Waals surface area contributed by atoms with Crippen LogP contribution in [0.4, 0.5) is 5.95 Å². The fourth-order valence-corrected chi connectivity index (χ4v) is 0.283. The third kappa shape index (κ3) is 0.409.